The molecule has 0 aliphatic carbocycles. The molecule has 0 saturated carbocycles. The molecular weight excluding hydrogens is 450 g/mol. The molecule has 0 bridgehead atoms. The Bertz CT molecular complexity index is 1150. The molecule has 162 valence electrons. The molecule has 32 heavy (non-hydrogen) atoms. The Hall–Kier alpha value is -3.44. The molecule has 0 spiro atoms. The Morgan fingerprint density at radius 1 is 1.16 bits per heavy atom. The number of thioether (sulfide) groups is 2. The van der Waals surface area contributed by atoms with Gasteiger partial charge in [0.1, 0.15) is 0 Å². The number of rotatable bonds is 8. The molecule has 3 heterocycles. The van der Waals surface area contributed by atoms with Crippen LogP contribution in [-0.4, -0.2) is 56.0 Å². The summed E-state index contributed by atoms with van der Waals surface area (Å²) < 4.78 is 5.54. The fourth-order valence-electron chi connectivity index (χ4n) is 2.76. The third kappa shape index (κ3) is 5.42. The molecule has 2 aromatic heterocycles. The van der Waals surface area contributed by atoms with Gasteiger partial charge in [-0.2, -0.15) is 0 Å². The Labute approximate surface area is 191 Å². The zero-order valence-corrected chi connectivity index (χ0v) is 18.3. The first-order valence-electron chi connectivity index (χ1n) is 9.54. The number of pyridine rings is 1. The summed E-state index contributed by atoms with van der Waals surface area (Å²) in [5.74, 6) is -0.203. The lowest BCUT2D eigenvalue weighted by atomic mass is 10.2. The number of amides is 3. The number of benzene rings is 1. The van der Waals surface area contributed by atoms with Gasteiger partial charge in [0.25, 0.3) is 16.4 Å². The molecule has 3 aromatic rings. The molecule has 4 rings (SSSR count). The number of nitrogens with zero attached hydrogens (tertiary/aromatic N) is 4. The maximum absolute atomic E-state index is 12.5. The van der Waals surface area contributed by atoms with Crippen LogP contribution in [0.5, 0.6) is 0 Å². The molecule has 1 fully saturated rings. The van der Waals surface area contributed by atoms with Gasteiger partial charge >= 0.3 is 0 Å². The van der Waals surface area contributed by atoms with Crippen LogP contribution in [0.15, 0.2) is 69.4 Å². The van der Waals surface area contributed by atoms with Gasteiger partial charge in [-0.3, -0.25) is 24.3 Å². The summed E-state index contributed by atoms with van der Waals surface area (Å²) in [5.41, 5.74) is 1.53. The standard InChI is InChI=1S/C21H17N5O4S2/c27-17(13-31-20-25-24-18(30-20)15-6-2-1-3-7-15)23-9-10-26-19(28)16(32-21(26)29)11-14-5-4-8-22-12-14/h1-8,11-12H,9-10,13H2,(H,23,27)/b16-11-. The SMILES string of the molecule is O=C(CSc1nnc(-c2ccccc2)o1)NCCN1C(=O)S/C(=C\c2cccnc2)C1=O. The number of imide groups is 1. The third-order valence-electron chi connectivity index (χ3n) is 4.27. The average molecular weight is 468 g/mol. The fourth-order valence-corrected chi connectivity index (χ4v) is 4.21. The molecule has 1 N–H and O–H groups in total. The van der Waals surface area contributed by atoms with E-state index in [0.29, 0.717) is 10.8 Å². The normalized spacial score (nSPS) is 14.9. The Balaban J connectivity index is 1.23. The molecular formula is C21H17N5O4S2. The number of carbonyl (C=O) groups excluding carboxylic acids is 3. The molecule has 1 aliphatic rings. The molecule has 0 radical (unpaired) electrons. The number of aromatic nitrogens is 3. The zero-order valence-electron chi connectivity index (χ0n) is 16.6. The van der Waals surface area contributed by atoms with Crippen LogP contribution in [0, 0.1) is 0 Å². The molecule has 3 amide bonds. The van der Waals surface area contributed by atoms with E-state index >= 15 is 0 Å². The number of hydrogen-bond donors (Lipinski definition) is 1. The van der Waals surface area contributed by atoms with Gasteiger partial charge in [-0.1, -0.05) is 36.0 Å². The van der Waals surface area contributed by atoms with Crippen LogP contribution in [-0.2, 0) is 9.59 Å². The van der Waals surface area contributed by atoms with E-state index in [1.54, 1.807) is 30.6 Å². The molecule has 0 atom stereocenters. The smallest absolute Gasteiger partial charge is 0.293 e. The molecule has 11 heteroatoms. The van der Waals surface area contributed by atoms with Crippen molar-refractivity contribution in [3.05, 3.63) is 65.3 Å². The van der Waals surface area contributed by atoms with Crippen molar-refractivity contribution in [3.63, 3.8) is 0 Å². The first kappa shape index (κ1) is 21.8. The minimum atomic E-state index is -0.383. The van der Waals surface area contributed by atoms with E-state index < -0.39 is 0 Å². The van der Waals surface area contributed by atoms with Gasteiger partial charge in [0, 0.05) is 31.0 Å². The fraction of sp³-hybridized carbons (Fsp3) is 0.143. The maximum atomic E-state index is 12.5. The summed E-state index contributed by atoms with van der Waals surface area (Å²) in [6, 6.07) is 12.9. The zero-order chi connectivity index (χ0) is 22.3. The third-order valence-corrected chi connectivity index (χ3v) is 5.99. The highest BCUT2D eigenvalue weighted by Gasteiger charge is 2.34. The summed E-state index contributed by atoms with van der Waals surface area (Å²) >= 11 is 1.98. The van der Waals surface area contributed by atoms with Crippen LogP contribution in [0.4, 0.5) is 4.79 Å². The minimum Gasteiger partial charge on any atom is -0.411 e. The summed E-state index contributed by atoms with van der Waals surface area (Å²) in [4.78, 5) is 42.2. The van der Waals surface area contributed by atoms with E-state index in [1.165, 1.54) is 0 Å². The van der Waals surface area contributed by atoms with Crippen LogP contribution in [0.2, 0.25) is 0 Å². The van der Waals surface area contributed by atoms with Gasteiger partial charge in [-0.15, -0.1) is 10.2 Å². The van der Waals surface area contributed by atoms with Crippen molar-refractivity contribution >= 4 is 46.7 Å². The van der Waals surface area contributed by atoms with Gasteiger partial charge in [0.15, 0.2) is 0 Å². The molecule has 9 nitrogen and oxygen atoms in total. The first-order valence-corrected chi connectivity index (χ1v) is 11.3. The topological polar surface area (TPSA) is 118 Å². The molecule has 1 aliphatic heterocycles. The molecule has 0 unspecified atom stereocenters. The lowest BCUT2D eigenvalue weighted by Crippen LogP contribution is -2.37. The Morgan fingerprint density at radius 2 is 2.00 bits per heavy atom. The van der Waals surface area contributed by atoms with E-state index in [-0.39, 0.29) is 41.1 Å². The summed E-state index contributed by atoms with van der Waals surface area (Å²) in [7, 11) is 0. The van der Waals surface area contributed by atoms with Gasteiger partial charge in [-0.05, 0) is 41.6 Å². The van der Waals surface area contributed by atoms with E-state index in [2.05, 4.69) is 20.5 Å². The highest BCUT2D eigenvalue weighted by Crippen LogP contribution is 2.31. The monoisotopic (exact) mass is 467 g/mol. The van der Waals surface area contributed by atoms with Crippen LogP contribution in [0.25, 0.3) is 17.5 Å². The van der Waals surface area contributed by atoms with Gasteiger partial charge in [0.2, 0.25) is 11.8 Å². The van der Waals surface area contributed by atoms with Crippen molar-refractivity contribution in [1.82, 2.24) is 25.4 Å². The maximum Gasteiger partial charge on any atom is 0.293 e. The van der Waals surface area contributed by atoms with Crippen molar-refractivity contribution in [2.45, 2.75) is 5.22 Å². The molecule has 1 saturated heterocycles. The van der Waals surface area contributed by atoms with Crippen LogP contribution in [0.1, 0.15) is 5.56 Å². The largest absolute Gasteiger partial charge is 0.411 e. The summed E-state index contributed by atoms with van der Waals surface area (Å²) in [5, 5.41) is 10.5. The highest BCUT2D eigenvalue weighted by molar-refractivity contribution is 8.18. The van der Waals surface area contributed by atoms with Gasteiger partial charge < -0.3 is 9.73 Å². The van der Waals surface area contributed by atoms with Crippen molar-refractivity contribution in [2.24, 2.45) is 0 Å². The lowest BCUT2D eigenvalue weighted by molar-refractivity contribution is -0.123. The van der Waals surface area contributed by atoms with E-state index in [4.69, 9.17) is 4.42 Å². The van der Waals surface area contributed by atoms with Crippen LogP contribution >= 0.6 is 23.5 Å². The van der Waals surface area contributed by atoms with E-state index in [9.17, 15) is 14.4 Å². The predicted octanol–water partition coefficient (Wildman–Crippen LogP) is 3.08. The van der Waals surface area contributed by atoms with Crippen molar-refractivity contribution < 1.29 is 18.8 Å². The second-order valence-corrected chi connectivity index (χ2v) is 8.42. The number of hydrogen-bond acceptors (Lipinski definition) is 9. The van der Waals surface area contributed by atoms with E-state index in [0.717, 1.165) is 39.6 Å². The second kappa shape index (κ2) is 10.2. The number of nitrogens with one attached hydrogen (secondary N) is 1. The molecule has 1 aromatic carbocycles. The highest BCUT2D eigenvalue weighted by atomic mass is 32.2. The van der Waals surface area contributed by atoms with Crippen molar-refractivity contribution in [2.75, 3.05) is 18.8 Å². The summed E-state index contributed by atoms with van der Waals surface area (Å²) in [6.45, 7) is 0.237. The van der Waals surface area contributed by atoms with Crippen molar-refractivity contribution in [1.29, 1.82) is 0 Å². The van der Waals surface area contributed by atoms with Gasteiger partial charge in [0.05, 0.1) is 10.7 Å². The lowest BCUT2D eigenvalue weighted by Gasteiger charge is -2.12. The Kier molecular flexibility index (Phi) is 6.97. The number of carbonyl (C=O) groups is 3. The van der Waals surface area contributed by atoms with Gasteiger partial charge in [-0.25, -0.2) is 0 Å². The van der Waals surface area contributed by atoms with Crippen LogP contribution < -0.4 is 5.32 Å². The first-order chi connectivity index (χ1) is 15.6. The summed E-state index contributed by atoms with van der Waals surface area (Å²) in [6.07, 6.45) is 4.87. The van der Waals surface area contributed by atoms with E-state index in [1.807, 2.05) is 30.3 Å². The predicted molar refractivity (Wildman–Crippen MR) is 120 cm³/mol. The minimum absolute atomic E-state index is 0.0687. The second-order valence-electron chi connectivity index (χ2n) is 6.50. The Morgan fingerprint density at radius 3 is 2.78 bits per heavy atom. The van der Waals surface area contributed by atoms with Crippen LogP contribution in [0.3, 0.4) is 0 Å². The quantitative estimate of drug-likeness (QED) is 0.394. The van der Waals surface area contributed by atoms with Crippen molar-refractivity contribution in [3.8, 4) is 11.5 Å². The average Bonchev–Trinajstić information content (AvgIpc) is 3.39.